The lowest BCUT2D eigenvalue weighted by atomic mass is 9.90. The molecule has 1 aliphatic heterocycles. The van der Waals surface area contributed by atoms with Gasteiger partial charge in [-0.15, -0.1) is 0 Å². The van der Waals surface area contributed by atoms with Crippen molar-refractivity contribution in [2.24, 2.45) is 4.99 Å². The lowest BCUT2D eigenvalue weighted by Gasteiger charge is -2.16. The summed E-state index contributed by atoms with van der Waals surface area (Å²) in [7, 11) is -4.88. The zero-order chi connectivity index (χ0) is 31.7. The summed E-state index contributed by atoms with van der Waals surface area (Å²) in [5.74, 6) is 4.94. The number of nitrogens with zero attached hydrogens (tertiary/aromatic N) is 2. The van der Waals surface area contributed by atoms with E-state index in [9.17, 15) is 24.4 Å². The van der Waals surface area contributed by atoms with Crippen molar-refractivity contribution in [1.29, 1.82) is 0 Å². The third-order valence-corrected chi connectivity index (χ3v) is 8.47. The second-order valence-corrected chi connectivity index (χ2v) is 12.0. The fourth-order valence-electron chi connectivity index (χ4n) is 5.90. The smallest absolute Gasteiger partial charge is 0.469 e. The predicted octanol–water partition coefficient (Wildman–Crippen LogP) is 2.32. The van der Waals surface area contributed by atoms with Crippen molar-refractivity contribution in [2.75, 3.05) is 13.2 Å². The standard InChI is InChI=1S/C32H30N3O9P/c36-18-26-25(44-45(40,41)42)16-28(43-26)35-17-23(31(38)34-32(35)39)7-3-15-33-27(37)8-2-4-19-9-10-22-12-11-20-5-1-6-21-13-14-24(19)30(22)29(20)21/h1,5-6,9-14,17,25-26,28,36H,2,4,8,15-16,18H2,(H,33,37)(H,34,38,39)(H2,40,41,42)/p-1/t25-,26+,28+/m0/s1. The molecular formula is C32H29N3O9P-. The number of aromatic amines is 1. The number of phosphoric acid groups is 1. The van der Waals surface area contributed by atoms with Crippen molar-refractivity contribution in [3.8, 4) is 11.8 Å². The number of aromatic nitrogens is 2. The zero-order valence-electron chi connectivity index (χ0n) is 23.9. The Morgan fingerprint density at radius 3 is 2.53 bits per heavy atom. The van der Waals surface area contributed by atoms with Gasteiger partial charge in [-0.25, -0.2) is 9.36 Å². The van der Waals surface area contributed by atoms with Crippen molar-refractivity contribution in [2.45, 2.75) is 44.1 Å². The quantitative estimate of drug-likeness (QED) is 0.0623. The first-order chi connectivity index (χ1) is 21.6. The SMILES string of the molecule is O=c1[nH]c(=O)n([C@H]2C[C@H](OP(=O)(O)O)[C@@H](CO)O2)cc1C#CCN=C([O-])CCCc1ccc2ccc3cccc4ccc1c2c34. The Morgan fingerprint density at radius 1 is 1.09 bits per heavy atom. The Balaban J connectivity index is 1.10. The number of aryl methyl sites for hydroxylation is 1. The molecule has 45 heavy (non-hydrogen) atoms. The highest BCUT2D eigenvalue weighted by molar-refractivity contribution is 7.46. The van der Waals surface area contributed by atoms with Crippen molar-refractivity contribution in [3.63, 3.8) is 0 Å². The van der Waals surface area contributed by atoms with Crippen LogP contribution >= 0.6 is 7.82 Å². The summed E-state index contributed by atoms with van der Waals surface area (Å²) in [4.78, 5) is 49.0. The molecule has 1 aromatic heterocycles. The molecule has 0 amide bonds. The maximum Gasteiger partial charge on any atom is 0.469 e. The van der Waals surface area contributed by atoms with E-state index in [-0.39, 0.29) is 30.8 Å². The summed E-state index contributed by atoms with van der Waals surface area (Å²) in [6.45, 7) is -0.763. The Hall–Kier alpha value is -4.34. The largest absolute Gasteiger partial charge is 0.862 e. The summed E-state index contributed by atoms with van der Waals surface area (Å²) in [6, 6.07) is 19.1. The van der Waals surface area contributed by atoms with E-state index in [4.69, 9.17) is 14.5 Å². The van der Waals surface area contributed by atoms with E-state index in [1.54, 1.807) is 0 Å². The van der Waals surface area contributed by atoms with E-state index in [1.165, 1.54) is 37.9 Å². The lowest BCUT2D eigenvalue weighted by Crippen LogP contribution is -2.33. The Morgan fingerprint density at radius 2 is 1.80 bits per heavy atom. The molecule has 0 aliphatic carbocycles. The molecule has 13 heteroatoms. The van der Waals surface area contributed by atoms with Crippen LogP contribution in [-0.4, -0.2) is 55.7 Å². The lowest BCUT2D eigenvalue weighted by molar-refractivity contribution is -0.219. The minimum absolute atomic E-state index is 0.102. The Bertz CT molecular complexity index is 2120. The van der Waals surface area contributed by atoms with Gasteiger partial charge in [-0.05, 0) is 63.0 Å². The number of ether oxygens (including phenoxy) is 1. The van der Waals surface area contributed by atoms with E-state index in [2.05, 4.69) is 80.9 Å². The summed E-state index contributed by atoms with van der Waals surface area (Å²) >= 11 is 0. The van der Waals surface area contributed by atoms with Gasteiger partial charge in [0.05, 0.1) is 13.2 Å². The van der Waals surface area contributed by atoms with Gasteiger partial charge in [0.15, 0.2) is 0 Å². The molecule has 0 radical (unpaired) electrons. The molecule has 0 unspecified atom stereocenters. The first kappa shape index (κ1) is 30.7. The Kier molecular flexibility index (Phi) is 8.57. The van der Waals surface area contributed by atoms with Crippen LogP contribution in [0.15, 0.2) is 75.4 Å². The summed E-state index contributed by atoms with van der Waals surface area (Å²) in [6.07, 6.45) is -0.853. The van der Waals surface area contributed by atoms with E-state index >= 15 is 0 Å². The number of aliphatic hydroxyl groups is 1. The van der Waals surface area contributed by atoms with Gasteiger partial charge in [0.1, 0.15) is 24.0 Å². The molecule has 1 fully saturated rings. The number of aliphatic imine (C=N–C) groups is 1. The zero-order valence-corrected chi connectivity index (χ0v) is 24.8. The van der Waals surface area contributed by atoms with Gasteiger partial charge in [-0.3, -0.25) is 23.9 Å². The first-order valence-electron chi connectivity index (χ1n) is 14.3. The van der Waals surface area contributed by atoms with Crippen LogP contribution in [-0.2, 0) is 20.2 Å². The average molecular weight is 631 g/mol. The van der Waals surface area contributed by atoms with Gasteiger partial charge in [0.25, 0.3) is 5.56 Å². The summed E-state index contributed by atoms with van der Waals surface area (Å²) < 4.78 is 22.4. The molecule has 2 heterocycles. The number of aliphatic hydroxyl groups excluding tert-OH is 1. The van der Waals surface area contributed by atoms with Crippen molar-refractivity contribution in [1.82, 2.24) is 9.55 Å². The minimum atomic E-state index is -4.88. The maximum atomic E-state index is 12.5. The number of benzene rings is 4. The fraction of sp³-hybridized carbons (Fsp3) is 0.281. The van der Waals surface area contributed by atoms with Crippen LogP contribution in [0.3, 0.4) is 0 Å². The third-order valence-electron chi connectivity index (χ3n) is 7.92. The summed E-state index contributed by atoms with van der Waals surface area (Å²) in [5, 5.41) is 29.2. The highest BCUT2D eigenvalue weighted by Gasteiger charge is 2.40. The van der Waals surface area contributed by atoms with Gasteiger partial charge in [0.2, 0.25) is 0 Å². The van der Waals surface area contributed by atoms with Crippen LogP contribution < -0.4 is 16.4 Å². The minimum Gasteiger partial charge on any atom is -0.862 e. The molecule has 0 bridgehead atoms. The molecule has 0 spiro atoms. The number of phosphoric ester groups is 1. The summed E-state index contributed by atoms with van der Waals surface area (Å²) in [5.41, 5.74) is -0.537. The van der Waals surface area contributed by atoms with Crippen molar-refractivity contribution >= 4 is 46.0 Å². The van der Waals surface area contributed by atoms with Crippen molar-refractivity contribution < 1.29 is 33.8 Å². The van der Waals surface area contributed by atoms with Gasteiger partial charge < -0.3 is 24.7 Å². The van der Waals surface area contributed by atoms with Gasteiger partial charge in [-0.2, -0.15) is 0 Å². The number of hydrogen-bond acceptors (Lipinski definition) is 8. The van der Waals surface area contributed by atoms with Crippen LogP contribution in [0.25, 0.3) is 32.3 Å². The molecule has 12 nitrogen and oxygen atoms in total. The van der Waals surface area contributed by atoms with Crippen molar-refractivity contribution in [3.05, 3.63) is 92.8 Å². The third kappa shape index (κ3) is 6.55. The highest BCUT2D eigenvalue weighted by atomic mass is 31.2. The molecule has 6 rings (SSSR count). The monoisotopic (exact) mass is 630 g/mol. The van der Waals surface area contributed by atoms with Crippen LogP contribution in [0.2, 0.25) is 0 Å². The van der Waals surface area contributed by atoms with Crippen LogP contribution in [0.1, 0.15) is 36.6 Å². The molecule has 0 saturated carbocycles. The van der Waals surface area contributed by atoms with E-state index in [0.29, 0.717) is 12.8 Å². The van der Waals surface area contributed by atoms with Gasteiger partial charge in [-0.1, -0.05) is 66.4 Å². The van der Waals surface area contributed by atoms with Gasteiger partial charge >= 0.3 is 13.5 Å². The Labute approximate surface area is 256 Å². The first-order valence-corrected chi connectivity index (χ1v) is 15.8. The molecule has 1 aliphatic rings. The molecule has 3 atom stereocenters. The van der Waals surface area contributed by atoms with Crippen LogP contribution in [0, 0.1) is 11.8 Å². The topological polar surface area (TPSA) is 186 Å². The number of nitrogens with one attached hydrogen (secondary N) is 1. The molecule has 4 aromatic carbocycles. The second-order valence-electron chi connectivity index (χ2n) is 10.8. The van der Waals surface area contributed by atoms with E-state index < -0.39 is 44.1 Å². The second kappa shape index (κ2) is 12.6. The molecule has 4 N–H and O–H groups in total. The van der Waals surface area contributed by atoms with Crippen LogP contribution in [0.4, 0.5) is 0 Å². The normalized spacial score (nSPS) is 19.0. The maximum absolute atomic E-state index is 12.5. The molecule has 5 aromatic rings. The van der Waals surface area contributed by atoms with Crippen LogP contribution in [0.5, 0.6) is 0 Å². The molecular weight excluding hydrogens is 601 g/mol. The van der Waals surface area contributed by atoms with Gasteiger partial charge in [0, 0.05) is 12.6 Å². The number of rotatable bonds is 9. The fourth-order valence-corrected chi connectivity index (χ4v) is 6.47. The molecule has 232 valence electrons. The van der Waals surface area contributed by atoms with E-state index in [1.807, 2.05) is 0 Å². The number of H-pyrrole nitrogens is 1. The predicted molar refractivity (Wildman–Crippen MR) is 166 cm³/mol. The highest BCUT2D eigenvalue weighted by Crippen LogP contribution is 2.43. The average Bonchev–Trinajstić information content (AvgIpc) is 3.40. The number of hydrogen-bond donors (Lipinski definition) is 4. The van der Waals surface area contributed by atoms with E-state index in [0.717, 1.165) is 10.8 Å². The molecule has 1 saturated heterocycles.